The highest BCUT2D eigenvalue weighted by Gasteiger charge is 2.11. The van der Waals surface area contributed by atoms with Crippen molar-refractivity contribution < 1.29 is 9.53 Å². The predicted molar refractivity (Wildman–Crippen MR) is 81.6 cm³/mol. The van der Waals surface area contributed by atoms with Crippen molar-refractivity contribution in [2.75, 3.05) is 13.7 Å². The van der Waals surface area contributed by atoms with Gasteiger partial charge in [-0.1, -0.05) is 19.1 Å². The van der Waals surface area contributed by atoms with Gasteiger partial charge in [0.1, 0.15) is 5.75 Å². The number of nitrogens with zero attached hydrogens (tertiary/aromatic N) is 2. The van der Waals surface area contributed by atoms with Gasteiger partial charge in [-0.2, -0.15) is 0 Å². The zero-order valence-electron chi connectivity index (χ0n) is 12.7. The minimum absolute atomic E-state index is 0.135. The van der Waals surface area contributed by atoms with E-state index in [-0.39, 0.29) is 5.91 Å². The Morgan fingerprint density at radius 1 is 1.38 bits per heavy atom. The molecule has 1 aromatic carbocycles. The number of ether oxygens (including phenoxy) is 1. The van der Waals surface area contributed by atoms with E-state index in [2.05, 4.69) is 29.4 Å². The van der Waals surface area contributed by atoms with E-state index in [0.717, 1.165) is 12.2 Å². The number of imidazole rings is 1. The van der Waals surface area contributed by atoms with Crippen LogP contribution in [0.15, 0.2) is 36.7 Å². The maximum atomic E-state index is 11.9. The van der Waals surface area contributed by atoms with Crippen molar-refractivity contribution in [1.82, 2.24) is 14.9 Å². The molecule has 21 heavy (non-hydrogen) atoms. The van der Waals surface area contributed by atoms with E-state index in [1.54, 1.807) is 24.1 Å². The minimum atomic E-state index is -0.135. The molecule has 0 unspecified atom stereocenters. The van der Waals surface area contributed by atoms with Crippen molar-refractivity contribution in [3.63, 3.8) is 0 Å². The van der Waals surface area contributed by atoms with Gasteiger partial charge in [-0.15, -0.1) is 0 Å². The van der Waals surface area contributed by atoms with Gasteiger partial charge in [0.15, 0.2) is 5.82 Å². The highest BCUT2D eigenvalue weighted by molar-refractivity contribution is 5.90. The minimum Gasteiger partial charge on any atom is -0.497 e. The molecule has 5 nitrogen and oxygen atoms in total. The van der Waals surface area contributed by atoms with E-state index in [1.807, 2.05) is 19.2 Å². The topological polar surface area (TPSA) is 56.1 Å². The third-order valence-electron chi connectivity index (χ3n) is 3.57. The summed E-state index contributed by atoms with van der Waals surface area (Å²) >= 11 is 0. The molecule has 0 saturated heterocycles. The summed E-state index contributed by atoms with van der Waals surface area (Å²) in [6.07, 6.45) is 4.26. The average molecular weight is 287 g/mol. The first-order valence-electron chi connectivity index (χ1n) is 7.01. The molecule has 0 fully saturated rings. The monoisotopic (exact) mass is 287 g/mol. The van der Waals surface area contributed by atoms with Gasteiger partial charge in [0, 0.05) is 26.0 Å². The molecule has 1 amide bonds. The number of aryl methyl sites for hydroxylation is 1. The lowest BCUT2D eigenvalue weighted by molar-refractivity contribution is 0.0939. The fourth-order valence-electron chi connectivity index (χ4n) is 2.16. The van der Waals surface area contributed by atoms with Crippen molar-refractivity contribution in [3.8, 4) is 5.75 Å². The molecule has 0 aliphatic rings. The summed E-state index contributed by atoms with van der Waals surface area (Å²) in [4.78, 5) is 15.9. The molecule has 0 aliphatic carbocycles. The number of carbonyl (C=O) groups is 1. The summed E-state index contributed by atoms with van der Waals surface area (Å²) in [6, 6.07) is 8.03. The number of nitrogens with one attached hydrogen (secondary N) is 1. The lowest BCUT2D eigenvalue weighted by Gasteiger charge is -2.13. The summed E-state index contributed by atoms with van der Waals surface area (Å²) in [5.74, 6) is 1.53. The van der Waals surface area contributed by atoms with Crippen LogP contribution in [-0.2, 0) is 7.05 Å². The Labute approximate surface area is 125 Å². The fourth-order valence-corrected chi connectivity index (χ4v) is 2.16. The Bertz CT molecular complexity index is 590. The summed E-state index contributed by atoms with van der Waals surface area (Å²) in [7, 11) is 3.47. The van der Waals surface area contributed by atoms with E-state index >= 15 is 0 Å². The van der Waals surface area contributed by atoms with Crippen LogP contribution in [0.3, 0.4) is 0 Å². The molecule has 2 aromatic rings. The summed E-state index contributed by atoms with van der Waals surface area (Å²) in [5, 5.41) is 2.90. The largest absolute Gasteiger partial charge is 0.497 e. The first kappa shape index (κ1) is 15.1. The third-order valence-corrected chi connectivity index (χ3v) is 3.57. The number of aromatic nitrogens is 2. The third kappa shape index (κ3) is 3.84. The zero-order chi connectivity index (χ0) is 15.2. The van der Waals surface area contributed by atoms with Crippen LogP contribution in [0.1, 0.15) is 35.4 Å². The van der Waals surface area contributed by atoms with E-state index < -0.39 is 0 Å². The summed E-state index contributed by atoms with van der Waals surface area (Å²) < 4.78 is 6.86. The quantitative estimate of drug-likeness (QED) is 0.887. The van der Waals surface area contributed by atoms with Gasteiger partial charge in [-0.3, -0.25) is 4.79 Å². The van der Waals surface area contributed by atoms with Crippen LogP contribution in [0.25, 0.3) is 0 Å². The van der Waals surface area contributed by atoms with Crippen LogP contribution < -0.4 is 10.1 Å². The van der Waals surface area contributed by atoms with Crippen LogP contribution in [0.4, 0.5) is 0 Å². The van der Waals surface area contributed by atoms with E-state index in [9.17, 15) is 4.79 Å². The number of carbonyl (C=O) groups excluding carboxylic acids is 1. The normalized spacial score (nSPS) is 12.0. The zero-order valence-corrected chi connectivity index (χ0v) is 12.7. The molecule has 0 spiro atoms. The van der Waals surface area contributed by atoms with Crippen molar-refractivity contribution in [2.24, 2.45) is 7.05 Å². The second-order valence-corrected chi connectivity index (χ2v) is 5.08. The number of hydrogen-bond donors (Lipinski definition) is 1. The molecule has 1 N–H and O–H groups in total. The van der Waals surface area contributed by atoms with Crippen LogP contribution in [0, 0.1) is 0 Å². The standard InChI is InChI=1S/C16H21N3O2/c1-12(13-4-6-14(21-3)7-5-13)8-9-18-16(20)15-17-10-11-19(15)2/h4-7,10-12H,8-9H2,1-3H3,(H,18,20)/t12-/m0/s1. The molecule has 0 radical (unpaired) electrons. The Hall–Kier alpha value is -2.30. The van der Waals surface area contributed by atoms with E-state index in [1.165, 1.54) is 5.56 Å². The molecule has 1 heterocycles. The molecule has 0 saturated carbocycles. The second-order valence-electron chi connectivity index (χ2n) is 5.08. The van der Waals surface area contributed by atoms with Gasteiger partial charge >= 0.3 is 0 Å². The molecule has 0 aliphatic heterocycles. The Kier molecular flexibility index (Phi) is 4.98. The lowest BCUT2D eigenvalue weighted by atomic mass is 9.98. The van der Waals surface area contributed by atoms with Crippen molar-refractivity contribution in [2.45, 2.75) is 19.3 Å². The van der Waals surface area contributed by atoms with Crippen molar-refractivity contribution in [3.05, 3.63) is 48.0 Å². The van der Waals surface area contributed by atoms with Crippen molar-refractivity contribution in [1.29, 1.82) is 0 Å². The van der Waals surface area contributed by atoms with Crippen LogP contribution in [0.2, 0.25) is 0 Å². The molecule has 1 aromatic heterocycles. The maximum Gasteiger partial charge on any atom is 0.287 e. The summed E-state index contributed by atoms with van der Waals surface area (Å²) in [5.41, 5.74) is 1.24. The molecule has 5 heteroatoms. The number of hydrogen-bond acceptors (Lipinski definition) is 3. The first-order valence-corrected chi connectivity index (χ1v) is 7.01. The van der Waals surface area contributed by atoms with Crippen molar-refractivity contribution >= 4 is 5.91 Å². The van der Waals surface area contributed by atoms with Crippen LogP contribution >= 0.6 is 0 Å². The van der Waals surface area contributed by atoms with Crippen LogP contribution in [0.5, 0.6) is 5.75 Å². The van der Waals surface area contributed by atoms with Gasteiger partial charge in [0.2, 0.25) is 0 Å². The molecular weight excluding hydrogens is 266 g/mol. The van der Waals surface area contributed by atoms with Gasteiger partial charge in [0.05, 0.1) is 7.11 Å². The van der Waals surface area contributed by atoms with E-state index in [0.29, 0.717) is 18.3 Å². The molecule has 112 valence electrons. The fraction of sp³-hybridized carbons (Fsp3) is 0.375. The second kappa shape index (κ2) is 6.92. The molecule has 1 atom stereocenters. The smallest absolute Gasteiger partial charge is 0.287 e. The van der Waals surface area contributed by atoms with Gasteiger partial charge in [-0.05, 0) is 30.0 Å². The lowest BCUT2D eigenvalue weighted by Crippen LogP contribution is -2.27. The van der Waals surface area contributed by atoms with E-state index in [4.69, 9.17) is 4.74 Å². The van der Waals surface area contributed by atoms with Gasteiger partial charge in [-0.25, -0.2) is 4.98 Å². The number of methoxy groups -OCH3 is 1. The predicted octanol–water partition coefficient (Wildman–Crippen LogP) is 2.35. The first-order chi connectivity index (χ1) is 10.1. The Morgan fingerprint density at radius 2 is 2.10 bits per heavy atom. The maximum absolute atomic E-state index is 11.9. The van der Waals surface area contributed by atoms with Crippen LogP contribution in [-0.4, -0.2) is 29.1 Å². The number of amides is 1. The molecule has 0 bridgehead atoms. The highest BCUT2D eigenvalue weighted by atomic mass is 16.5. The summed E-state index contributed by atoms with van der Waals surface area (Å²) in [6.45, 7) is 2.77. The Balaban J connectivity index is 1.82. The highest BCUT2D eigenvalue weighted by Crippen LogP contribution is 2.21. The number of rotatable bonds is 6. The SMILES string of the molecule is COc1ccc([C@@H](C)CCNC(=O)c2nccn2C)cc1. The average Bonchev–Trinajstić information content (AvgIpc) is 2.93. The Morgan fingerprint density at radius 3 is 2.67 bits per heavy atom. The van der Waals surface area contributed by atoms with Gasteiger partial charge in [0.25, 0.3) is 5.91 Å². The number of benzene rings is 1. The van der Waals surface area contributed by atoms with Gasteiger partial charge < -0.3 is 14.6 Å². The molecule has 2 rings (SSSR count). The molecular formula is C16H21N3O2.